The van der Waals surface area contributed by atoms with Crippen LogP contribution in [0.3, 0.4) is 0 Å². The van der Waals surface area contributed by atoms with Gasteiger partial charge in [0.05, 0.1) is 18.5 Å². The van der Waals surface area contributed by atoms with Crippen LogP contribution in [0.5, 0.6) is 0 Å². The number of hydrogen-bond acceptors (Lipinski definition) is 6. The topological polar surface area (TPSA) is 83.3 Å². The van der Waals surface area contributed by atoms with Crippen molar-refractivity contribution in [2.24, 2.45) is 0 Å². The minimum absolute atomic E-state index is 0.146. The van der Waals surface area contributed by atoms with Gasteiger partial charge in [0, 0.05) is 12.3 Å². The molecule has 0 N–H and O–H groups in total. The Bertz CT molecular complexity index is 903. The Kier molecular flexibility index (Phi) is 6.85. The first-order valence-corrected chi connectivity index (χ1v) is 9.41. The number of carbonyl (C=O) groups is 2. The summed E-state index contributed by atoms with van der Waals surface area (Å²) in [5.41, 5.74) is 3.25. The highest BCUT2D eigenvalue weighted by atomic mass is 32.1. The quantitative estimate of drug-likeness (QED) is 0.427. The van der Waals surface area contributed by atoms with Crippen molar-refractivity contribution in [3.8, 4) is 6.07 Å². The fourth-order valence-electron chi connectivity index (χ4n) is 2.73. The Hall–Kier alpha value is -2.98. The summed E-state index contributed by atoms with van der Waals surface area (Å²) in [5.74, 6) is -0.871. The molecule has 0 aliphatic carbocycles. The Morgan fingerprint density at radius 2 is 1.93 bits per heavy atom. The standard InChI is InChI=1S/C20H21N3O3S/c1-5-14-8-7-9-15(6-2)18(14)23(13(3)24)20-22-17(12-27-20)10-16(11-21)19(25)26-4/h7-10,12H,5-6H2,1-4H3/b16-10-. The summed E-state index contributed by atoms with van der Waals surface area (Å²) in [7, 11) is 1.21. The molecule has 1 aromatic carbocycles. The van der Waals surface area contributed by atoms with Crippen LogP contribution in [0, 0.1) is 11.3 Å². The van der Waals surface area contributed by atoms with Gasteiger partial charge in [-0.15, -0.1) is 11.3 Å². The number of rotatable bonds is 6. The number of para-hydroxylation sites is 1. The molecule has 1 amide bonds. The van der Waals surface area contributed by atoms with Gasteiger partial charge in [0.25, 0.3) is 0 Å². The number of anilines is 2. The number of methoxy groups -OCH3 is 1. The van der Waals surface area contributed by atoms with Gasteiger partial charge in [-0.1, -0.05) is 32.0 Å². The van der Waals surface area contributed by atoms with Crippen molar-refractivity contribution >= 4 is 40.1 Å². The van der Waals surface area contributed by atoms with Crippen molar-refractivity contribution in [2.45, 2.75) is 33.6 Å². The first-order chi connectivity index (χ1) is 13.0. The SMILES string of the molecule is CCc1cccc(CC)c1N(C(C)=O)c1nc(/C=C(/C#N)C(=O)OC)cs1. The van der Waals surface area contributed by atoms with E-state index < -0.39 is 5.97 Å². The zero-order valence-corrected chi connectivity index (χ0v) is 16.6. The first kappa shape index (κ1) is 20.3. The predicted octanol–water partition coefficient (Wildman–Crippen LogP) is 4.03. The maximum atomic E-state index is 12.5. The van der Waals surface area contributed by atoms with Crippen molar-refractivity contribution in [3.05, 3.63) is 46.0 Å². The van der Waals surface area contributed by atoms with Crippen LogP contribution >= 0.6 is 11.3 Å². The van der Waals surface area contributed by atoms with Gasteiger partial charge in [0.15, 0.2) is 5.13 Å². The van der Waals surface area contributed by atoms with Crippen molar-refractivity contribution in [1.82, 2.24) is 4.98 Å². The molecule has 2 rings (SSSR count). The molecule has 7 heteroatoms. The molecule has 0 saturated carbocycles. The second-order valence-electron chi connectivity index (χ2n) is 5.70. The number of esters is 1. The molecule has 0 aliphatic rings. The zero-order valence-electron chi connectivity index (χ0n) is 15.8. The Balaban J connectivity index is 2.55. The average Bonchev–Trinajstić information content (AvgIpc) is 3.13. The lowest BCUT2D eigenvalue weighted by Crippen LogP contribution is -2.25. The molecule has 6 nitrogen and oxygen atoms in total. The molecule has 0 spiro atoms. The maximum absolute atomic E-state index is 12.5. The summed E-state index contributed by atoms with van der Waals surface area (Å²) in [4.78, 5) is 30.1. The summed E-state index contributed by atoms with van der Waals surface area (Å²) in [6.45, 7) is 5.59. The first-order valence-electron chi connectivity index (χ1n) is 8.53. The molecule has 27 heavy (non-hydrogen) atoms. The molecular weight excluding hydrogens is 362 g/mol. The van der Waals surface area contributed by atoms with Crippen LogP contribution in [0.25, 0.3) is 6.08 Å². The van der Waals surface area contributed by atoms with Gasteiger partial charge >= 0.3 is 5.97 Å². The molecular formula is C20H21N3O3S. The van der Waals surface area contributed by atoms with E-state index in [9.17, 15) is 9.59 Å². The number of carbonyl (C=O) groups excluding carboxylic acids is 2. The van der Waals surface area contributed by atoms with Crippen LogP contribution < -0.4 is 4.90 Å². The number of ether oxygens (including phenoxy) is 1. The van der Waals surface area contributed by atoms with Gasteiger partial charge in [-0.05, 0) is 30.0 Å². The van der Waals surface area contributed by atoms with Crippen LogP contribution in [0.1, 0.15) is 37.6 Å². The molecule has 1 heterocycles. The fraction of sp³-hybridized carbons (Fsp3) is 0.300. The maximum Gasteiger partial charge on any atom is 0.348 e. The van der Waals surface area contributed by atoms with E-state index in [2.05, 4.69) is 9.72 Å². The number of nitriles is 1. The zero-order chi connectivity index (χ0) is 20.0. The highest BCUT2D eigenvalue weighted by molar-refractivity contribution is 7.14. The van der Waals surface area contributed by atoms with Crippen LogP contribution in [-0.4, -0.2) is 24.0 Å². The summed E-state index contributed by atoms with van der Waals surface area (Å²) in [6, 6.07) is 7.80. The number of aryl methyl sites for hydroxylation is 2. The van der Waals surface area contributed by atoms with Crippen LogP contribution in [-0.2, 0) is 27.2 Å². The van der Waals surface area contributed by atoms with E-state index in [-0.39, 0.29) is 11.5 Å². The van der Waals surface area contributed by atoms with E-state index in [1.54, 1.807) is 16.3 Å². The van der Waals surface area contributed by atoms with E-state index >= 15 is 0 Å². The van der Waals surface area contributed by atoms with Gasteiger partial charge in [0.1, 0.15) is 11.6 Å². The Labute approximate surface area is 162 Å². The van der Waals surface area contributed by atoms with Crippen molar-refractivity contribution in [1.29, 1.82) is 5.26 Å². The van der Waals surface area contributed by atoms with Crippen LogP contribution in [0.15, 0.2) is 29.2 Å². The predicted molar refractivity (Wildman–Crippen MR) is 106 cm³/mol. The summed E-state index contributed by atoms with van der Waals surface area (Å²) < 4.78 is 4.58. The number of aromatic nitrogens is 1. The molecule has 0 saturated heterocycles. The van der Waals surface area contributed by atoms with Gasteiger partial charge < -0.3 is 4.74 Å². The number of hydrogen-bond donors (Lipinski definition) is 0. The molecule has 0 unspecified atom stereocenters. The second kappa shape index (κ2) is 9.10. The van der Waals surface area contributed by atoms with Crippen molar-refractivity contribution < 1.29 is 14.3 Å². The number of nitrogens with zero attached hydrogens (tertiary/aromatic N) is 3. The molecule has 1 aromatic heterocycles. The largest absolute Gasteiger partial charge is 0.465 e. The van der Waals surface area contributed by atoms with E-state index in [4.69, 9.17) is 5.26 Å². The summed E-state index contributed by atoms with van der Waals surface area (Å²) in [5, 5.41) is 11.3. The monoisotopic (exact) mass is 383 g/mol. The van der Waals surface area contributed by atoms with E-state index in [0.717, 1.165) is 29.7 Å². The van der Waals surface area contributed by atoms with Crippen molar-refractivity contribution in [3.63, 3.8) is 0 Å². The van der Waals surface area contributed by atoms with Crippen LogP contribution in [0.4, 0.5) is 10.8 Å². The molecule has 0 atom stereocenters. The Morgan fingerprint density at radius 3 is 2.41 bits per heavy atom. The minimum atomic E-state index is -0.722. The average molecular weight is 383 g/mol. The lowest BCUT2D eigenvalue weighted by Gasteiger charge is -2.24. The Morgan fingerprint density at radius 1 is 1.30 bits per heavy atom. The molecule has 2 aromatic rings. The smallest absolute Gasteiger partial charge is 0.348 e. The van der Waals surface area contributed by atoms with Gasteiger partial charge in [-0.3, -0.25) is 9.69 Å². The summed E-state index contributed by atoms with van der Waals surface area (Å²) >= 11 is 1.28. The summed E-state index contributed by atoms with van der Waals surface area (Å²) in [6.07, 6.45) is 2.93. The molecule has 0 radical (unpaired) electrons. The van der Waals surface area contributed by atoms with Gasteiger partial charge in [-0.25, -0.2) is 9.78 Å². The third-order valence-electron chi connectivity index (χ3n) is 4.02. The van der Waals surface area contributed by atoms with E-state index in [1.165, 1.54) is 31.4 Å². The molecule has 0 bridgehead atoms. The number of benzene rings is 1. The third-order valence-corrected chi connectivity index (χ3v) is 4.87. The fourth-order valence-corrected chi connectivity index (χ4v) is 3.56. The lowest BCUT2D eigenvalue weighted by atomic mass is 10.0. The second-order valence-corrected chi connectivity index (χ2v) is 6.54. The van der Waals surface area contributed by atoms with Gasteiger partial charge in [0.2, 0.25) is 5.91 Å². The lowest BCUT2D eigenvalue weighted by molar-refractivity contribution is -0.135. The molecule has 0 aliphatic heterocycles. The number of thiazole rings is 1. The highest BCUT2D eigenvalue weighted by Gasteiger charge is 2.23. The molecule has 140 valence electrons. The third kappa shape index (κ3) is 4.41. The highest BCUT2D eigenvalue weighted by Crippen LogP contribution is 2.35. The van der Waals surface area contributed by atoms with Crippen LogP contribution in [0.2, 0.25) is 0 Å². The van der Waals surface area contributed by atoms with E-state index in [0.29, 0.717) is 10.8 Å². The normalized spacial score (nSPS) is 11.0. The molecule has 0 fully saturated rings. The van der Waals surface area contributed by atoms with Gasteiger partial charge in [-0.2, -0.15) is 5.26 Å². The number of amides is 1. The minimum Gasteiger partial charge on any atom is -0.465 e. The van der Waals surface area contributed by atoms with E-state index in [1.807, 2.05) is 32.0 Å². The van der Waals surface area contributed by atoms with Crippen molar-refractivity contribution in [2.75, 3.05) is 12.0 Å².